The fraction of sp³-hybridized carbons (Fsp3) is 0.684. The molecular formula is C19H32N2. The van der Waals surface area contributed by atoms with E-state index in [1.807, 2.05) is 0 Å². The molecule has 1 aromatic carbocycles. The molecule has 2 heteroatoms. The van der Waals surface area contributed by atoms with E-state index < -0.39 is 0 Å². The Morgan fingerprint density at radius 2 is 1.62 bits per heavy atom. The van der Waals surface area contributed by atoms with Crippen molar-refractivity contribution < 1.29 is 0 Å². The maximum absolute atomic E-state index is 3.64. The SMILES string of the molecule is CC(C)CCC(C)NCc1ccc(N2CCCCC2)cc1. The van der Waals surface area contributed by atoms with E-state index in [9.17, 15) is 0 Å². The molecule has 0 bridgehead atoms. The number of piperidine rings is 1. The van der Waals surface area contributed by atoms with Gasteiger partial charge in [0.25, 0.3) is 0 Å². The van der Waals surface area contributed by atoms with Crippen molar-refractivity contribution in [3.63, 3.8) is 0 Å². The minimum absolute atomic E-state index is 0.606. The van der Waals surface area contributed by atoms with Crippen molar-refractivity contribution in [1.82, 2.24) is 5.32 Å². The van der Waals surface area contributed by atoms with Crippen LogP contribution in [-0.4, -0.2) is 19.1 Å². The van der Waals surface area contributed by atoms with Crippen molar-refractivity contribution >= 4 is 5.69 Å². The first-order valence-corrected chi connectivity index (χ1v) is 8.72. The normalized spacial score (nSPS) is 17.2. The van der Waals surface area contributed by atoms with Crippen LogP contribution in [0, 0.1) is 5.92 Å². The molecule has 0 spiro atoms. The molecule has 0 saturated carbocycles. The fourth-order valence-electron chi connectivity index (χ4n) is 2.95. The molecule has 1 aromatic rings. The van der Waals surface area contributed by atoms with E-state index in [0.717, 1.165) is 12.5 Å². The van der Waals surface area contributed by atoms with E-state index in [2.05, 4.69) is 55.3 Å². The standard InChI is InChI=1S/C19H32N2/c1-16(2)7-8-17(3)20-15-18-9-11-19(12-10-18)21-13-5-4-6-14-21/h9-12,16-17,20H,4-8,13-15H2,1-3H3. The summed E-state index contributed by atoms with van der Waals surface area (Å²) in [6.07, 6.45) is 6.66. The molecule has 21 heavy (non-hydrogen) atoms. The lowest BCUT2D eigenvalue weighted by Gasteiger charge is -2.29. The van der Waals surface area contributed by atoms with Gasteiger partial charge in [-0.15, -0.1) is 0 Å². The lowest BCUT2D eigenvalue weighted by molar-refractivity contribution is 0.451. The van der Waals surface area contributed by atoms with E-state index >= 15 is 0 Å². The quantitative estimate of drug-likeness (QED) is 0.789. The van der Waals surface area contributed by atoms with Gasteiger partial charge in [0.2, 0.25) is 0 Å². The molecule has 1 heterocycles. The molecule has 1 fully saturated rings. The van der Waals surface area contributed by atoms with Crippen LogP contribution in [0.3, 0.4) is 0 Å². The van der Waals surface area contributed by atoms with Gasteiger partial charge in [0.05, 0.1) is 0 Å². The Bertz CT molecular complexity index is 391. The number of hydrogen-bond donors (Lipinski definition) is 1. The largest absolute Gasteiger partial charge is 0.372 e. The molecule has 1 unspecified atom stereocenters. The smallest absolute Gasteiger partial charge is 0.0366 e. The zero-order chi connectivity index (χ0) is 15.1. The first-order chi connectivity index (χ1) is 10.1. The molecule has 1 aliphatic heterocycles. The van der Waals surface area contributed by atoms with Gasteiger partial charge in [0.15, 0.2) is 0 Å². The minimum Gasteiger partial charge on any atom is -0.372 e. The first-order valence-electron chi connectivity index (χ1n) is 8.72. The fourth-order valence-corrected chi connectivity index (χ4v) is 2.95. The summed E-state index contributed by atoms with van der Waals surface area (Å²) in [6.45, 7) is 10.3. The third kappa shape index (κ3) is 5.70. The van der Waals surface area contributed by atoms with Gasteiger partial charge in [-0.1, -0.05) is 26.0 Å². The molecule has 2 rings (SSSR count). The summed E-state index contributed by atoms with van der Waals surface area (Å²) in [5.41, 5.74) is 2.79. The van der Waals surface area contributed by atoms with Gasteiger partial charge in [-0.25, -0.2) is 0 Å². The third-order valence-electron chi connectivity index (χ3n) is 4.49. The van der Waals surface area contributed by atoms with Crippen LogP contribution < -0.4 is 10.2 Å². The molecule has 0 radical (unpaired) electrons. The predicted molar refractivity (Wildman–Crippen MR) is 92.9 cm³/mol. The second kappa shape index (κ2) is 8.43. The number of nitrogens with zero attached hydrogens (tertiary/aromatic N) is 1. The highest BCUT2D eigenvalue weighted by atomic mass is 15.1. The second-order valence-electron chi connectivity index (χ2n) is 6.97. The van der Waals surface area contributed by atoms with E-state index in [4.69, 9.17) is 0 Å². The van der Waals surface area contributed by atoms with Crippen LogP contribution in [-0.2, 0) is 6.54 Å². The zero-order valence-corrected chi connectivity index (χ0v) is 14.1. The van der Waals surface area contributed by atoms with Crippen LogP contribution in [0.25, 0.3) is 0 Å². The molecule has 2 nitrogen and oxygen atoms in total. The van der Waals surface area contributed by atoms with Crippen LogP contribution >= 0.6 is 0 Å². The molecule has 1 N–H and O–H groups in total. The Labute approximate surface area is 130 Å². The van der Waals surface area contributed by atoms with Crippen molar-refractivity contribution in [2.45, 2.75) is 65.5 Å². The number of anilines is 1. The molecule has 1 aliphatic rings. The van der Waals surface area contributed by atoms with Crippen LogP contribution in [0.1, 0.15) is 58.4 Å². The van der Waals surface area contributed by atoms with E-state index in [1.54, 1.807) is 0 Å². The highest BCUT2D eigenvalue weighted by Crippen LogP contribution is 2.20. The van der Waals surface area contributed by atoms with Gasteiger partial charge in [-0.3, -0.25) is 0 Å². The summed E-state index contributed by atoms with van der Waals surface area (Å²) in [4.78, 5) is 2.52. The Morgan fingerprint density at radius 3 is 2.24 bits per heavy atom. The molecule has 0 amide bonds. The van der Waals surface area contributed by atoms with Gasteiger partial charge >= 0.3 is 0 Å². The summed E-state index contributed by atoms with van der Waals surface area (Å²) >= 11 is 0. The van der Waals surface area contributed by atoms with Crippen LogP contribution in [0.2, 0.25) is 0 Å². The van der Waals surface area contributed by atoms with Crippen molar-refractivity contribution in [3.8, 4) is 0 Å². The van der Waals surface area contributed by atoms with Crippen molar-refractivity contribution in [2.75, 3.05) is 18.0 Å². The van der Waals surface area contributed by atoms with Crippen molar-refractivity contribution in [3.05, 3.63) is 29.8 Å². The van der Waals surface area contributed by atoms with Gasteiger partial charge in [0.1, 0.15) is 0 Å². The maximum Gasteiger partial charge on any atom is 0.0366 e. The van der Waals surface area contributed by atoms with Gasteiger partial charge < -0.3 is 10.2 Å². The predicted octanol–water partition coefficient (Wildman–Crippen LogP) is 4.59. The maximum atomic E-state index is 3.64. The van der Waals surface area contributed by atoms with Gasteiger partial charge in [0, 0.05) is 31.4 Å². The van der Waals surface area contributed by atoms with Crippen molar-refractivity contribution in [2.24, 2.45) is 5.92 Å². The van der Waals surface area contributed by atoms with E-state index in [1.165, 1.54) is 56.4 Å². The average Bonchev–Trinajstić information content (AvgIpc) is 2.52. The zero-order valence-electron chi connectivity index (χ0n) is 14.1. The monoisotopic (exact) mass is 288 g/mol. The summed E-state index contributed by atoms with van der Waals surface area (Å²) in [5.74, 6) is 0.804. The second-order valence-corrected chi connectivity index (χ2v) is 6.97. The minimum atomic E-state index is 0.606. The van der Waals surface area contributed by atoms with Crippen LogP contribution in [0.15, 0.2) is 24.3 Å². The van der Waals surface area contributed by atoms with Gasteiger partial charge in [-0.2, -0.15) is 0 Å². The Morgan fingerprint density at radius 1 is 0.952 bits per heavy atom. The Balaban J connectivity index is 1.76. The lowest BCUT2D eigenvalue weighted by Crippen LogP contribution is -2.29. The molecule has 1 atom stereocenters. The van der Waals surface area contributed by atoms with Crippen LogP contribution in [0.5, 0.6) is 0 Å². The van der Waals surface area contributed by atoms with Crippen LogP contribution in [0.4, 0.5) is 5.69 Å². The first kappa shape index (κ1) is 16.4. The highest BCUT2D eigenvalue weighted by molar-refractivity contribution is 5.47. The molecule has 118 valence electrons. The molecular weight excluding hydrogens is 256 g/mol. The molecule has 0 aromatic heterocycles. The number of hydrogen-bond acceptors (Lipinski definition) is 2. The Hall–Kier alpha value is -1.02. The number of rotatable bonds is 7. The summed E-state index contributed by atoms with van der Waals surface area (Å²) in [6, 6.07) is 9.76. The number of nitrogens with one attached hydrogen (secondary N) is 1. The third-order valence-corrected chi connectivity index (χ3v) is 4.49. The summed E-state index contributed by atoms with van der Waals surface area (Å²) in [5, 5.41) is 3.64. The lowest BCUT2D eigenvalue weighted by atomic mass is 10.0. The highest BCUT2D eigenvalue weighted by Gasteiger charge is 2.10. The van der Waals surface area contributed by atoms with Crippen molar-refractivity contribution in [1.29, 1.82) is 0 Å². The Kier molecular flexibility index (Phi) is 6.56. The molecule has 0 aliphatic carbocycles. The molecule has 1 saturated heterocycles. The number of benzene rings is 1. The average molecular weight is 288 g/mol. The van der Waals surface area contributed by atoms with Gasteiger partial charge in [-0.05, 0) is 62.6 Å². The summed E-state index contributed by atoms with van der Waals surface area (Å²) < 4.78 is 0. The van der Waals surface area contributed by atoms with E-state index in [-0.39, 0.29) is 0 Å². The van der Waals surface area contributed by atoms with E-state index in [0.29, 0.717) is 6.04 Å². The topological polar surface area (TPSA) is 15.3 Å². The summed E-state index contributed by atoms with van der Waals surface area (Å²) in [7, 11) is 0.